The second kappa shape index (κ2) is 8.17. The summed E-state index contributed by atoms with van der Waals surface area (Å²) in [5.74, 6) is -1.77. The van der Waals surface area contributed by atoms with E-state index < -0.39 is 29.9 Å². The van der Waals surface area contributed by atoms with Gasteiger partial charge in [0.25, 0.3) is 11.8 Å². The Morgan fingerprint density at radius 1 is 1.13 bits per heavy atom. The number of hydrogen-bond acceptors (Lipinski definition) is 5. The molecule has 0 saturated heterocycles. The van der Waals surface area contributed by atoms with E-state index in [9.17, 15) is 14.4 Å². The summed E-state index contributed by atoms with van der Waals surface area (Å²) >= 11 is 0. The highest BCUT2D eigenvalue weighted by Gasteiger charge is 2.29. The molecule has 1 aromatic rings. The summed E-state index contributed by atoms with van der Waals surface area (Å²) in [5.41, 5.74) is 5.37. The lowest BCUT2D eigenvalue weighted by Crippen LogP contribution is -2.47. The number of nitrogens with one attached hydrogen (secondary N) is 1. The van der Waals surface area contributed by atoms with Gasteiger partial charge in [-0.1, -0.05) is 26.0 Å². The molecule has 0 saturated carbocycles. The summed E-state index contributed by atoms with van der Waals surface area (Å²) < 4.78 is 10.1. The number of primary amides is 1. The number of benzene rings is 1. The maximum absolute atomic E-state index is 12.4. The largest absolute Gasteiger partial charge is 0.496 e. The Labute approximate surface area is 135 Å². The van der Waals surface area contributed by atoms with E-state index in [1.54, 1.807) is 38.1 Å². The fourth-order valence-corrected chi connectivity index (χ4v) is 1.85. The molecule has 23 heavy (non-hydrogen) atoms. The zero-order chi connectivity index (χ0) is 17.6. The topological polar surface area (TPSA) is 108 Å². The number of hydrogen-bond donors (Lipinski definition) is 2. The molecule has 2 atom stereocenters. The third kappa shape index (κ3) is 4.98. The Balaban J connectivity index is 2.89. The molecule has 0 aromatic heterocycles. The van der Waals surface area contributed by atoms with E-state index in [2.05, 4.69) is 5.32 Å². The SMILES string of the molecule is COc1ccccc1C(=O)N[C@H](C(=O)O[C@@H](C)C(N)=O)C(C)C. The smallest absolute Gasteiger partial charge is 0.329 e. The quantitative estimate of drug-likeness (QED) is 0.724. The standard InChI is InChI=1S/C16H22N2O5/c1-9(2)13(16(21)23-10(3)14(17)19)18-15(20)11-7-5-6-8-12(11)22-4/h5-10,13H,1-4H3,(H2,17,19)(H,18,20)/t10-,13-/m0/s1. The molecule has 7 nitrogen and oxygen atoms in total. The summed E-state index contributed by atoms with van der Waals surface area (Å²) in [7, 11) is 1.45. The highest BCUT2D eigenvalue weighted by molar-refractivity contribution is 5.99. The van der Waals surface area contributed by atoms with Crippen molar-refractivity contribution in [2.24, 2.45) is 11.7 Å². The van der Waals surface area contributed by atoms with Crippen LogP contribution in [0, 0.1) is 5.92 Å². The Kier molecular flexibility index (Phi) is 6.56. The number of amides is 2. The number of rotatable bonds is 7. The van der Waals surface area contributed by atoms with Gasteiger partial charge in [-0.2, -0.15) is 0 Å². The van der Waals surface area contributed by atoms with Crippen LogP contribution in [0.4, 0.5) is 0 Å². The van der Waals surface area contributed by atoms with Crippen molar-refractivity contribution in [2.75, 3.05) is 7.11 Å². The molecule has 0 radical (unpaired) electrons. The zero-order valence-electron chi connectivity index (χ0n) is 13.7. The van der Waals surface area contributed by atoms with Gasteiger partial charge < -0.3 is 20.5 Å². The number of nitrogens with two attached hydrogens (primary N) is 1. The number of ether oxygens (including phenoxy) is 2. The van der Waals surface area contributed by atoms with Crippen molar-refractivity contribution in [3.63, 3.8) is 0 Å². The monoisotopic (exact) mass is 322 g/mol. The van der Waals surface area contributed by atoms with Crippen molar-refractivity contribution < 1.29 is 23.9 Å². The zero-order valence-corrected chi connectivity index (χ0v) is 13.7. The molecule has 0 bridgehead atoms. The van der Waals surface area contributed by atoms with Crippen molar-refractivity contribution in [3.8, 4) is 5.75 Å². The van der Waals surface area contributed by atoms with Crippen LogP contribution in [-0.4, -0.2) is 37.0 Å². The lowest BCUT2D eigenvalue weighted by atomic mass is 10.0. The minimum atomic E-state index is -1.06. The van der Waals surface area contributed by atoms with Crippen LogP contribution in [0.2, 0.25) is 0 Å². The summed E-state index contributed by atoms with van der Waals surface area (Å²) in [4.78, 5) is 35.5. The maximum Gasteiger partial charge on any atom is 0.329 e. The first-order valence-corrected chi connectivity index (χ1v) is 7.21. The van der Waals surface area contributed by atoms with Gasteiger partial charge in [0.2, 0.25) is 0 Å². The van der Waals surface area contributed by atoms with Crippen molar-refractivity contribution >= 4 is 17.8 Å². The molecule has 126 valence electrons. The number of methoxy groups -OCH3 is 1. The van der Waals surface area contributed by atoms with Gasteiger partial charge in [0.15, 0.2) is 6.10 Å². The van der Waals surface area contributed by atoms with Gasteiger partial charge in [0, 0.05) is 0 Å². The fraction of sp³-hybridized carbons (Fsp3) is 0.438. The number of carbonyl (C=O) groups is 3. The second-order valence-corrected chi connectivity index (χ2v) is 5.38. The molecule has 0 unspecified atom stereocenters. The molecule has 2 amide bonds. The predicted octanol–water partition coefficient (Wildman–Crippen LogP) is 0.867. The highest BCUT2D eigenvalue weighted by Crippen LogP contribution is 2.18. The Bertz CT molecular complexity index is 586. The lowest BCUT2D eigenvalue weighted by molar-refractivity contribution is -0.156. The summed E-state index contributed by atoms with van der Waals surface area (Å²) in [6.45, 7) is 4.88. The molecule has 0 spiro atoms. The molecule has 0 aliphatic carbocycles. The minimum absolute atomic E-state index is 0.235. The van der Waals surface area contributed by atoms with Crippen LogP contribution in [0.25, 0.3) is 0 Å². The summed E-state index contributed by atoms with van der Waals surface area (Å²) in [5, 5.41) is 2.61. The van der Waals surface area contributed by atoms with Crippen LogP contribution < -0.4 is 15.8 Å². The van der Waals surface area contributed by atoms with Crippen molar-refractivity contribution in [2.45, 2.75) is 32.9 Å². The molecule has 0 aliphatic rings. The van der Waals surface area contributed by atoms with Gasteiger partial charge in [-0.05, 0) is 25.0 Å². The van der Waals surface area contributed by atoms with Crippen LogP contribution >= 0.6 is 0 Å². The molecule has 1 rings (SSSR count). The fourth-order valence-electron chi connectivity index (χ4n) is 1.85. The normalized spacial score (nSPS) is 13.1. The van der Waals surface area contributed by atoms with E-state index in [0.717, 1.165) is 0 Å². The highest BCUT2D eigenvalue weighted by atomic mass is 16.5. The van der Waals surface area contributed by atoms with E-state index in [4.69, 9.17) is 15.2 Å². The first-order chi connectivity index (χ1) is 10.8. The number of esters is 1. The molecular weight excluding hydrogens is 300 g/mol. The third-order valence-corrected chi connectivity index (χ3v) is 3.25. The van der Waals surface area contributed by atoms with Crippen molar-refractivity contribution in [1.82, 2.24) is 5.32 Å². The van der Waals surface area contributed by atoms with Crippen LogP contribution in [0.15, 0.2) is 24.3 Å². The first kappa shape index (κ1) is 18.5. The third-order valence-electron chi connectivity index (χ3n) is 3.25. The van der Waals surface area contributed by atoms with Crippen LogP contribution in [0.1, 0.15) is 31.1 Å². The molecular formula is C16H22N2O5. The Morgan fingerprint density at radius 3 is 2.26 bits per heavy atom. The van der Waals surface area contributed by atoms with Crippen LogP contribution in [0.5, 0.6) is 5.75 Å². The molecule has 0 aliphatic heterocycles. The summed E-state index contributed by atoms with van der Waals surface area (Å²) in [6, 6.07) is 5.75. The molecule has 0 heterocycles. The lowest BCUT2D eigenvalue weighted by Gasteiger charge is -2.22. The van der Waals surface area contributed by atoms with Crippen LogP contribution in [-0.2, 0) is 14.3 Å². The summed E-state index contributed by atoms with van der Waals surface area (Å²) in [6.07, 6.45) is -1.06. The van der Waals surface area contributed by atoms with E-state index in [1.165, 1.54) is 14.0 Å². The van der Waals surface area contributed by atoms with Gasteiger partial charge in [-0.3, -0.25) is 9.59 Å². The van der Waals surface area contributed by atoms with Gasteiger partial charge in [-0.25, -0.2) is 4.79 Å². The average molecular weight is 322 g/mol. The van der Waals surface area contributed by atoms with Gasteiger partial charge in [-0.15, -0.1) is 0 Å². The Morgan fingerprint density at radius 2 is 1.74 bits per heavy atom. The van der Waals surface area contributed by atoms with E-state index in [-0.39, 0.29) is 5.92 Å². The van der Waals surface area contributed by atoms with Gasteiger partial charge in [0.1, 0.15) is 11.8 Å². The molecule has 7 heteroatoms. The number of para-hydroxylation sites is 1. The van der Waals surface area contributed by atoms with E-state index in [1.807, 2.05) is 0 Å². The Hall–Kier alpha value is -2.57. The van der Waals surface area contributed by atoms with Crippen molar-refractivity contribution in [1.29, 1.82) is 0 Å². The van der Waals surface area contributed by atoms with Crippen LogP contribution in [0.3, 0.4) is 0 Å². The van der Waals surface area contributed by atoms with Crippen molar-refractivity contribution in [3.05, 3.63) is 29.8 Å². The minimum Gasteiger partial charge on any atom is -0.496 e. The molecule has 3 N–H and O–H groups in total. The molecule has 0 fully saturated rings. The van der Waals surface area contributed by atoms with E-state index >= 15 is 0 Å². The van der Waals surface area contributed by atoms with Gasteiger partial charge >= 0.3 is 5.97 Å². The first-order valence-electron chi connectivity index (χ1n) is 7.21. The predicted molar refractivity (Wildman–Crippen MR) is 83.8 cm³/mol. The maximum atomic E-state index is 12.4. The molecule has 1 aromatic carbocycles. The van der Waals surface area contributed by atoms with E-state index in [0.29, 0.717) is 11.3 Å². The van der Waals surface area contributed by atoms with Gasteiger partial charge in [0.05, 0.1) is 12.7 Å². The second-order valence-electron chi connectivity index (χ2n) is 5.38. The average Bonchev–Trinajstić information content (AvgIpc) is 2.51. The number of carbonyl (C=O) groups excluding carboxylic acids is 3.